The number of rotatable bonds is 7. The molecule has 1 aliphatic rings. The molecule has 0 saturated heterocycles. The summed E-state index contributed by atoms with van der Waals surface area (Å²) in [5.74, 6) is -0.237. The van der Waals surface area contributed by atoms with Crippen LogP contribution in [-0.4, -0.2) is 39.4 Å². The minimum atomic E-state index is -0.460. The van der Waals surface area contributed by atoms with Crippen molar-refractivity contribution in [1.29, 1.82) is 0 Å². The van der Waals surface area contributed by atoms with E-state index in [1.807, 2.05) is 26.0 Å². The molecule has 0 fully saturated rings. The van der Waals surface area contributed by atoms with Gasteiger partial charge in [-0.05, 0) is 23.9 Å². The minimum Gasteiger partial charge on any atom is -0.456 e. The van der Waals surface area contributed by atoms with Gasteiger partial charge in [-0.25, -0.2) is 0 Å². The molecule has 0 radical (unpaired) electrons. The summed E-state index contributed by atoms with van der Waals surface area (Å²) < 4.78 is 10.2. The monoisotopic (exact) mass is 407 g/mol. The van der Waals surface area contributed by atoms with Gasteiger partial charge in [-0.1, -0.05) is 43.3 Å². The van der Waals surface area contributed by atoms with Gasteiger partial charge in [-0.15, -0.1) is 0 Å². The molecule has 0 aliphatic carbocycles. The number of benzene rings is 2. The van der Waals surface area contributed by atoms with E-state index in [0.717, 1.165) is 5.39 Å². The number of carbonyl (C=O) groups excluding carboxylic acids is 3. The zero-order valence-electron chi connectivity index (χ0n) is 16.8. The maximum atomic E-state index is 12.8. The topological polar surface area (TPSA) is 103 Å². The first-order valence-corrected chi connectivity index (χ1v) is 9.81. The lowest BCUT2D eigenvalue weighted by Crippen LogP contribution is -2.41. The van der Waals surface area contributed by atoms with E-state index in [1.165, 1.54) is 4.90 Å². The normalized spacial score (nSPS) is 13.4. The molecule has 0 unspecified atom stereocenters. The van der Waals surface area contributed by atoms with Crippen molar-refractivity contribution < 1.29 is 23.6 Å². The van der Waals surface area contributed by atoms with E-state index in [1.54, 1.807) is 24.3 Å². The Morgan fingerprint density at radius 1 is 1.10 bits per heavy atom. The quantitative estimate of drug-likeness (QED) is 0.436. The van der Waals surface area contributed by atoms with E-state index in [-0.39, 0.29) is 43.2 Å². The summed E-state index contributed by atoms with van der Waals surface area (Å²) in [4.78, 5) is 43.0. The van der Waals surface area contributed by atoms with Crippen LogP contribution >= 0.6 is 0 Å². The van der Waals surface area contributed by atoms with Crippen molar-refractivity contribution in [2.75, 3.05) is 6.54 Å². The van der Waals surface area contributed by atoms with Gasteiger partial charge in [0.1, 0.15) is 0 Å². The lowest BCUT2D eigenvalue weighted by molar-refractivity contribution is -0.145. The van der Waals surface area contributed by atoms with Crippen LogP contribution in [0, 0.1) is 0 Å². The Hall–Kier alpha value is -3.55. The Kier molecular flexibility index (Phi) is 5.31. The molecule has 2 aromatic carbocycles. The molecule has 0 atom stereocenters. The molecule has 8 nitrogen and oxygen atoms in total. The number of aromatic nitrogens is 2. The molecule has 2 amide bonds. The fourth-order valence-corrected chi connectivity index (χ4v) is 3.44. The molecular formula is C22H21N3O5. The molecular weight excluding hydrogens is 386 g/mol. The minimum absolute atomic E-state index is 0.0636. The predicted octanol–water partition coefficient (Wildman–Crippen LogP) is 3.47. The number of hydrogen-bond donors (Lipinski definition) is 0. The van der Waals surface area contributed by atoms with Crippen LogP contribution in [0.25, 0.3) is 10.8 Å². The fraction of sp³-hybridized carbons (Fsp3) is 0.318. The third-order valence-electron chi connectivity index (χ3n) is 4.98. The molecule has 0 N–H and O–H groups in total. The van der Waals surface area contributed by atoms with Crippen molar-refractivity contribution in [3.63, 3.8) is 0 Å². The second-order valence-corrected chi connectivity index (χ2v) is 7.44. The number of ether oxygens (including phenoxy) is 1. The van der Waals surface area contributed by atoms with Crippen molar-refractivity contribution in [3.05, 3.63) is 59.2 Å². The molecule has 4 rings (SSSR count). The van der Waals surface area contributed by atoms with Crippen LogP contribution < -0.4 is 0 Å². The average Bonchev–Trinajstić information content (AvgIpc) is 3.22. The summed E-state index contributed by atoms with van der Waals surface area (Å²) in [5, 5.41) is 5.35. The van der Waals surface area contributed by atoms with Crippen molar-refractivity contribution in [2.45, 2.75) is 39.2 Å². The molecule has 0 spiro atoms. The summed E-state index contributed by atoms with van der Waals surface area (Å²) in [6.45, 7) is 3.90. The zero-order valence-corrected chi connectivity index (χ0v) is 16.8. The summed E-state index contributed by atoms with van der Waals surface area (Å²) in [6, 6.07) is 10.8. The Balaban J connectivity index is 1.34. The zero-order chi connectivity index (χ0) is 21.3. The maximum Gasteiger partial charge on any atom is 0.306 e. The standard InChI is InChI=1S/C22H21N3O5/c1-13(2)20-23-17(30-24-20)12-29-18(26)10-5-11-25-21(27)15-8-3-6-14-7-4-9-16(19(14)15)22(25)28/h3-4,6-9,13H,5,10-12H2,1-2H3. The third kappa shape index (κ3) is 3.68. The number of carbonyl (C=O) groups is 3. The molecule has 0 saturated carbocycles. The lowest BCUT2D eigenvalue weighted by Gasteiger charge is -2.27. The van der Waals surface area contributed by atoms with Crippen LogP contribution in [0.1, 0.15) is 65.0 Å². The van der Waals surface area contributed by atoms with Crippen molar-refractivity contribution >= 4 is 28.6 Å². The SMILES string of the molecule is CC(C)c1noc(COC(=O)CCCN2C(=O)c3cccc4cccc(c34)C2=O)n1. The predicted molar refractivity (Wildman–Crippen MR) is 107 cm³/mol. The molecule has 154 valence electrons. The summed E-state index contributed by atoms with van der Waals surface area (Å²) in [7, 11) is 0. The molecule has 1 aliphatic heterocycles. The van der Waals surface area contributed by atoms with E-state index < -0.39 is 5.97 Å². The maximum absolute atomic E-state index is 12.8. The molecule has 2 heterocycles. The second kappa shape index (κ2) is 8.06. The highest BCUT2D eigenvalue weighted by Crippen LogP contribution is 2.30. The Morgan fingerprint density at radius 3 is 2.37 bits per heavy atom. The number of nitrogens with zero attached hydrogens (tertiary/aromatic N) is 3. The smallest absolute Gasteiger partial charge is 0.306 e. The molecule has 1 aromatic heterocycles. The van der Waals surface area contributed by atoms with Gasteiger partial charge < -0.3 is 9.26 Å². The number of imide groups is 1. The Labute approximate surface area is 172 Å². The van der Waals surface area contributed by atoms with Gasteiger partial charge in [-0.3, -0.25) is 19.3 Å². The fourth-order valence-electron chi connectivity index (χ4n) is 3.44. The molecule has 30 heavy (non-hydrogen) atoms. The van der Waals surface area contributed by atoms with Gasteiger partial charge >= 0.3 is 5.97 Å². The van der Waals surface area contributed by atoms with E-state index in [0.29, 0.717) is 28.8 Å². The van der Waals surface area contributed by atoms with Crippen LogP contribution in [0.2, 0.25) is 0 Å². The van der Waals surface area contributed by atoms with Crippen molar-refractivity contribution in [1.82, 2.24) is 15.0 Å². The first-order chi connectivity index (χ1) is 14.5. The van der Waals surface area contributed by atoms with Crippen molar-refractivity contribution in [2.24, 2.45) is 0 Å². The Bertz CT molecular complexity index is 1080. The highest BCUT2D eigenvalue weighted by molar-refractivity contribution is 6.25. The number of amides is 2. The van der Waals surface area contributed by atoms with Gasteiger partial charge in [0.05, 0.1) is 0 Å². The van der Waals surface area contributed by atoms with E-state index >= 15 is 0 Å². The van der Waals surface area contributed by atoms with Gasteiger partial charge in [0, 0.05) is 35.4 Å². The van der Waals surface area contributed by atoms with Crippen LogP contribution in [0.4, 0.5) is 0 Å². The summed E-state index contributed by atoms with van der Waals surface area (Å²) in [5.41, 5.74) is 1.00. The van der Waals surface area contributed by atoms with Crippen LogP contribution in [0.15, 0.2) is 40.9 Å². The highest BCUT2D eigenvalue weighted by Gasteiger charge is 2.32. The number of esters is 1. The largest absolute Gasteiger partial charge is 0.456 e. The van der Waals surface area contributed by atoms with E-state index in [4.69, 9.17) is 9.26 Å². The first-order valence-electron chi connectivity index (χ1n) is 9.81. The van der Waals surface area contributed by atoms with Crippen LogP contribution in [0.5, 0.6) is 0 Å². The van der Waals surface area contributed by atoms with Gasteiger partial charge in [0.15, 0.2) is 12.4 Å². The Morgan fingerprint density at radius 2 is 1.77 bits per heavy atom. The van der Waals surface area contributed by atoms with Gasteiger partial charge in [0.25, 0.3) is 17.7 Å². The van der Waals surface area contributed by atoms with Gasteiger partial charge in [-0.2, -0.15) is 4.98 Å². The third-order valence-corrected chi connectivity index (χ3v) is 4.98. The summed E-state index contributed by atoms with van der Waals surface area (Å²) >= 11 is 0. The van der Waals surface area contributed by atoms with Gasteiger partial charge in [0.2, 0.25) is 0 Å². The highest BCUT2D eigenvalue weighted by atomic mass is 16.6. The number of hydrogen-bond acceptors (Lipinski definition) is 7. The molecule has 8 heteroatoms. The van der Waals surface area contributed by atoms with E-state index in [9.17, 15) is 14.4 Å². The van der Waals surface area contributed by atoms with Crippen LogP contribution in [0.3, 0.4) is 0 Å². The van der Waals surface area contributed by atoms with E-state index in [2.05, 4.69) is 10.1 Å². The molecule has 3 aromatic rings. The van der Waals surface area contributed by atoms with Crippen molar-refractivity contribution in [3.8, 4) is 0 Å². The average molecular weight is 407 g/mol. The molecule has 0 bridgehead atoms. The van der Waals surface area contributed by atoms with Crippen LogP contribution in [-0.2, 0) is 16.1 Å². The second-order valence-electron chi connectivity index (χ2n) is 7.44. The first kappa shape index (κ1) is 19.8. The lowest BCUT2D eigenvalue weighted by atomic mass is 9.94. The summed E-state index contributed by atoms with van der Waals surface area (Å²) in [6.07, 6.45) is 0.365.